The number of benzene rings is 2. The molecule has 158 valence electrons. The molecule has 30 heavy (non-hydrogen) atoms. The summed E-state index contributed by atoms with van der Waals surface area (Å²) >= 11 is 0. The van der Waals surface area contributed by atoms with Crippen LogP contribution in [0, 0.1) is 5.92 Å². The van der Waals surface area contributed by atoms with Gasteiger partial charge in [-0.15, -0.1) is 0 Å². The molecule has 2 aromatic carbocycles. The number of hydrogen-bond donors (Lipinski definition) is 3. The fourth-order valence-electron chi connectivity index (χ4n) is 5.15. The van der Waals surface area contributed by atoms with E-state index in [4.69, 9.17) is 9.47 Å². The van der Waals surface area contributed by atoms with Crippen LogP contribution in [0.2, 0.25) is 0 Å². The highest BCUT2D eigenvalue weighted by Gasteiger charge is 2.56. The lowest BCUT2D eigenvalue weighted by molar-refractivity contribution is -0.132. The van der Waals surface area contributed by atoms with Crippen LogP contribution in [-0.4, -0.2) is 48.3 Å². The van der Waals surface area contributed by atoms with Gasteiger partial charge in [0.1, 0.15) is 17.5 Å². The molecule has 3 aliphatic rings. The third kappa shape index (κ3) is 3.23. The van der Waals surface area contributed by atoms with Crippen LogP contribution >= 0.6 is 0 Å². The van der Waals surface area contributed by atoms with Crippen molar-refractivity contribution in [1.29, 1.82) is 0 Å². The van der Waals surface area contributed by atoms with Crippen molar-refractivity contribution < 1.29 is 19.4 Å². The van der Waals surface area contributed by atoms with E-state index in [1.54, 1.807) is 13.2 Å². The fraction of sp³-hybridized carbons (Fsp3) is 0.435. The summed E-state index contributed by atoms with van der Waals surface area (Å²) in [6.45, 7) is 1.33. The first-order valence-electron chi connectivity index (χ1n) is 10.5. The Morgan fingerprint density at radius 1 is 1.17 bits per heavy atom. The number of phenols is 1. The zero-order valence-electron chi connectivity index (χ0n) is 17.0. The number of amides is 1. The smallest absolute Gasteiger partial charge is 0.242 e. The van der Waals surface area contributed by atoms with Crippen molar-refractivity contribution in [1.82, 2.24) is 15.8 Å². The van der Waals surface area contributed by atoms with Crippen LogP contribution in [0.5, 0.6) is 11.5 Å². The van der Waals surface area contributed by atoms with E-state index in [0.29, 0.717) is 6.54 Å². The summed E-state index contributed by atoms with van der Waals surface area (Å²) < 4.78 is 11.3. The summed E-state index contributed by atoms with van der Waals surface area (Å²) in [4.78, 5) is 15.4. The number of methoxy groups -OCH3 is 1. The van der Waals surface area contributed by atoms with E-state index in [-0.39, 0.29) is 41.8 Å². The average molecular weight is 409 g/mol. The van der Waals surface area contributed by atoms with Gasteiger partial charge in [0.15, 0.2) is 0 Å². The van der Waals surface area contributed by atoms with Gasteiger partial charge in [-0.1, -0.05) is 30.3 Å². The molecular formula is C23H27N3O4. The van der Waals surface area contributed by atoms with E-state index in [1.807, 2.05) is 47.4 Å². The largest absolute Gasteiger partial charge is 0.508 e. The van der Waals surface area contributed by atoms with Gasteiger partial charge in [0.05, 0.1) is 25.3 Å². The summed E-state index contributed by atoms with van der Waals surface area (Å²) in [5.74, 6) is 0.971. The molecule has 0 bridgehead atoms. The Bertz CT molecular complexity index is 930. The molecule has 7 nitrogen and oxygen atoms in total. The zero-order valence-corrected chi connectivity index (χ0v) is 17.0. The van der Waals surface area contributed by atoms with E-state index >= 15 is 0 Å². The number of phenolic OH excluding ortho intramolecular Hbond substituents is 1. The van der Waals surface area contributed by atoms with Crippen LogP contribution in [0.25, 0.3) is 0 Å². The number of likely N-dealkylation sites (tertiary alicyclic amines) is 1. The second-order valence-electron chi connectivity index (χ2n) is 8.23. The number of rotatable bonds is 5. The predicted molar refractivity (Wildman–Crippen MR) is 111 cm³/mol. The molecule has 3 fully saturated rings. The number of nitrogens with one attached hydrogen (secondary N) is 2. The first kappa shape index (κ1) is 19.4. The zero-order chi connectivity index (χ0) is 20.7. The number of hydrogen-bond acceptors (Lipinski definition) is 6. The van der Waals surface area contributed by atoms with E-state index in [2.05, 4.69) is 10.9 Å². The van der Waals surface area contributed by atoms with Crippen molar-refractivity contribution in [3.8, 4) is 11.5 Å². The van der Waals surface area contributed by atoms with E-state index in [1.165, 1.54) is 0 Å². The van der Waals surface area contributed by atoms with Crippen molar-refractivity contribution in [3.63, 3.8) is 0 Å². The Balaban J connectivity index is 1.56. The Morgan fingerprint density at radius 3 is 2.77 bits per heavy atom. The predicted octanol–water partition coefficient (Wildman–Crippen LogP) is 2.30. The molecule has 1 amide bonds. The molecule has 5 rings (SSSR count). The van der Waals surface area contributed by atoms with Crippen LogP contribution in [0.1, 0.15) is 36.1 Å². The molecule has 0 aromatic heterocycles. The number of carbonyl (C=O) groups is 1. The number of para-hydroxylation sites is 1. The van der Waals surface area contributed by atoms with Crippen molar-refractivity contribution in [2.24, 2.45) is 5.92 Å². The molecule has 2 aromatic rings. The minimum absolute atomic E-state index is 0.0636. The van der Waals surface area contributed by atoms with Gasteiger partial charge >= 0.3 is 0 Å². The molecule has 0 saturated carbocycles. The van der Waals surface area contributed by atoms with Gasteiger partial charge in [-0.25, -0.2) is 10.9 Å². The molecule has 3 N–H and O–H groups in total. The maximum absolute atomic E-state index is 13.4. The van der Waals surface area contributed by atoms with Crippen LogP contribution in [0.3, 0.4) is 0 Å². The van der Waals surface area contributed by atoms with Crippen molar-refractivity contribution >= 4 is 5.91 Å². The Labute approximate surface area is 175 Å². The Kier molecular flexibility index (Phi) is 5.10. The van der Waals surface area contributed by atoms with Gasteiger partial charge in [0, 0.05) is 24.6 Å². The van der Waals surface area contributed by atoms with Gasteiger partial charge in [0.2, 0.25) is 5.91 Å². The van der Waals surface area contributed by atoms with Gasteiger partial charge in [0.25, 0.3) is 0 Å². The maximum atomic E-state index is 13.4. The van der Waals surface area contributed by atoms with Crippen molar-refractivity contribution in [2.45, 2.75) is 37.1 Å². The van der Waals surface area contributed by atoms with E-state index < -0.39 is 0 Å². The molecular weight excluding hydrogens is 382 g/mol. The summed E-state index contributed by atoms with van der Waals surface area (Å²) in [7, 11) is 1.65. The molecule has 0 spiro atoms. The molecule has 3 aliphatic heterocycles. The SMILES string of the molecule is COc1cccc(C2C3C(NNC3c3ccccc3O)C(=O)N2CC2CCCO2)c1. The Hall–Kier alpha value is -2.61. The molecule has 3 heterocycles. The topological polar surface area (TPSA) is 83.1 Å². The first-order chi connectivity index (χ1) is 14.7. The van der Waals surface area contributed by atoms with Gasteiger partial charge in [-0.3, -0.25) is 4.79 Å². The second kappa shape index (κ2) is 7.91. The van der Waals surface area contributed by atoms with Crippen LogP contribution < -0.4 is 15.6 Å². The average Bonchev–Trinajstić information content (AvgIpc) is 3.48. The lowest BCUT2D eigenvalue weighted by Crippen LogP contribution is -2.43. The number of fused-ring (bicyclic) bond motifs is 1. The number of aromatic hydroxyl groups is 1. The highest BCUT2D eigenvalue weighted by atomic mass is 16.5. The fourth-order valence-corrected chi connectivity index (χ4v) is 5.15. The minimum atomic E-state index is -0.368. The van der Waals surface area contributed by atoms with Crippen LogP contribution in [-0.2, 0) is 9.53 Å². The second-order valence-corrected chi connectivity index (χ2v) is 8.23. The van der Waals surface area contributed by atoms with Crippen molar-refractivity contribution in [2.75, 3.05) is 20.3 Å². The molecule has 7 heteroatoms. The third-order valence-electron chi connectivity index (χ3n) is 6.55. The highest BCUT2D eigenvalue weighted by molar-refractivity contribution is 5.86. The van der Waals surface area contributed by atoms with Gasteiger partial charge < -0.3 is 19.5 Å². The summed E-state index contributed by atoms with van der Waals surface area (Å²) in [6, 6.07) is 14.5. The summed E-state index contributed by atoms with van der Waals surface area (Å²) in [6.07, 6.45) is 2.07. The monoisotopic (exact) mass is 409 g/mol. The van der Waals surface area contributed by atoms with E-state index in [9.17, 15) is 9.90 Å². The normalized spacial score (nSPS) is 30.6. The molecule has 5 atom stereocenters. The summed E-state index contributed by atoms with van der Waals surface area (Å²) in [5.41, 5.74) is 8.29. The number of carbonyl (C=O) groups excluding carboxylic acids is 1. The van der Waals surface area contributed by atoms with Crippen LogP contribution in [0.4, 0.5) is 0 Å². The molecule has 3 saturated heterocycles. The highest BCUT2D eigenvalue weighted by Crippen LogP contribution is 2.49. The first-order valence-corrected chi connectivity index (χ1v) is 10.5. The number of ether oxygens (including phenoxy) is 2. The van der Waals surface area contributed by atoms with E-state index in [0.717, 1.165) is 36.3 Å². The summed E-state index contributed by atoms with van der Waals surface area (Å²) in [5, 5.41) is 10.5. The third-order valence-corrected chi connectivity index (χ3v) is 6.55. The molecule has 0 radical (unpaired) electrons. The van der Waals surface area contributed by atoms with Crippen LogP contribution in [0.15, 0.2) is 48.5 Å². The molecule has 5 unspecified atom stereocenters. The number of hydrazine groups is 1. The Morgan fingerprint density at radius 2 is 2.00 bits per heavy atom. The van der Waals surface area contributed by atoms with Gasteiger partial charge in [-0.05, 0) is 36.6 Å². The lowest BCUT2D eigenvalue weighted by atomic mass is 9.83. The lowest BCUT2D eigenvalue weighted by Gasteiger charge is -2.33. The number of nitrogens with zero attached hydrogens (tertiary/aromatic N) is 1. The minimum Gasteiger partial charge on any atom is -0.508 e. The maximum Gasteiger partial charge on any atom is 0.242 e. The van der Waals surface area contributed by atoms with Crippen molar-refractivity contribution in [3.05, 3.63) is 59.7 Å². The van der Waals surface area contributed by atoms with Gasteiger partial charge in [-0.2, -0.15) is 0 Å². The molecule has 0 aliphatic carbocycles. The quantitative estimate of drug-likeness (QED) is 0.703. The standard InChI is InChI=1S/C23H27N3O4/c1-29-15-7-4-6-14(12-15)22-19-20(17-9-2-3-10-18(17)27)24-25-21(19)23(28)26(22)13-16-8-5-11-30-16/h2-4,6-7,9-10,12,16,19-22,24-25,27H,5,8,11,13H2,1H3.